The second-order valence-corrected chi connectivity index (χ2v) is 7.00. The van der Waals surface area contributed by atoms with Gasteiger partial charge in [-0.05, 0) is 52.5 Å². The third-order valence-electron chi connectivity index (χ3n) is 3.22. The quantitative estimate of drug-likeness (QED) is 0.750. The summed E-state index contributed by atoms with van der Waals surface area (Å²) in [6.45, 7) is 2.05. The smallest absolute Gasteiger partial charge is 0.255 e. The van der Waals surface area contributed by atoms with Crippen LogP contribution in [0.1, 0.15) is 22.2 Å². The summed E-state index contributed by atoms with van der Waals surface area (Å²) < 4.78 is 0.766. The molecule has 0 saturated carbocycles. The van der Waals surface area contributed by atoms with Crippen LogP contribution in [0.2, 0.25) is 5.02 Å². The number of halogens is 2. The monoisotopic (exact) mass is 371 g/mol. The minimum atomic E-state index is -0.0246. The Balaban J connectivity index is 2.13. The Morgan fingerprint density at radius 2 is 2.20 bits per heavy atom. The van der Waals surface area contributed by atoms with Crippen molar-refractivity contribution in [2.75, 3.05) is 7.05 Å². The number of hydrogen-bond donors (Lipinski definition) is 0. The number of carbonyl (C=O) groups excluding carboxylic acids is 1. The van der Waals surface area contributed by atoms with Gasteiger partial charge in [-0.25, -0.2) is 0 Å². The SMILES string of the molecule is CC(Cc1cccs1)N(C)C(=O)c1cc(Cl)ccc1Br. The summed E-state index contributed by atoms with van der Waals surface area (Å²) >= 11 is 11.1. The van der Waals surface area contributed by atoms with E-state index in [0.29, 0.717) is 10.6 Å². The predicted octanol–water partition coefficient (Wildman–Crippen LogP) is 4.87. The van der Waals surface area contributed by atoms with Crippen molar-refractivity contribution in [2.45, 2.75) is 19.4 Å². The fourth-order valence-electron chi connectivity index (χ4n) is 1.91. The zero-order chi connectivity index (χ0) is 14.7. The Bertz CT molecular complexity index is 600. The molecule has 0 aliphatic carbocycles. The van der Waals surface area contributed by atoms with Crippen LogP contribution in [0.4, 0.5) is 0 Å². The molecule has 0 spiro atoms. The fraction of sp³-hybridized carbons (Fsp3) is 0.267. The molecule has 2 nitrogen and oxygen atoms in total. The molecule has 0 saturated heterocycles. The molecule has 2 rings (SSSR count). The number of thiophene rings is 1. The van der Waals surface area contributed by atoms with Crippen LogP contribution in [0.25, 0.3) is 0 Å². The maximum absolute atomic E-state index is 12.5. The van der Waals surface area contributed by atoms with Crippen LogP contribution in [0.3, 0.4) is 0 Å². The third-order valence-corrected chi connectivity index (χ3v) is 5.04. The van der Waals surface area contributed by atoms with E-state index in [4.69, 9.17) is 11.6 Å². The summed E-state index contributed by atoms with van der Waals surface area (Å²) in [5.41, 5.74) is 0.595. The standard InChI is InChI=1S/C15H15BrClNOS/c1-10(8-12-4-3-7-20-12)18(2)15(19)13-9-11(17)5-6-14(13)16/h3-7,9-10H,8H2,1-2H3. The molecule has 0 aliphatic heterocycles. The summed E-state index contributed by atoms with van der Waals surface area (Å²) in [6.07, 6.45) is 0.859. The lowest BCUT2D eigenvalue weighted by molar-refractivity contribution is 0.0743. The highest BCUT2D eigenvalue weighted by Crippen LogP contribution is 2.23. The van der Waals surface area contributed by atoms with Gasteiger partial charge >= 0.3 is 0 Å². The van der Waals surface area contributed by atoms with Gasteiger partial charge in [-0.3, -0.25) is 4.79 Å². The van der Waals surface area contributed by atoms with Crippen molar-refractivity contribution in [2.24, 2.45) is 0 Å². The van der Waals surface area contributed by atoms with E-state index in [1.54, 1.807) is 34.4 Å². The average molecular weight is 373 g/mol. The van der Waals surface area contributed by atoms with Crippen LogP contribution < -0.4 is 0 Å². The van der Waals surface area contributed by atoms with Crippen LogP contribution in [0, 0.1) is 0 Å². The molecule has 0 bridgehead atoms. The molecule has 1 aromatic heterocycles. The Labute approximate surface area is 136 Å². The Hall–Kier alpha value is -0.840. The molecule has 5 heteroatoms. The van der Waals surface area contributed by atoms with Gasteiger partial charge in [0.2, 0.25) is 0 Å². The van der Waals surface area contributed by atoms with E-state index in [1.165, 1.54) is 4.88 Å². The van der Waals surface area contributed by atoms with E-state index >= 15 is 0 Å². The van der Waals surface area contributed by atoms with Crippen molar-refractivity contribution in [3.8, 4) is 0 Å². The zero-order valence-corrected chi connectivity index (χ0v) is 14.4. The van der Waals surface area contributed by atoms with E-state index in [2.05, 4.69) is 34.3 Å². The number of nitrogens with zero attached hydrogens (tertiary/aromatic N) is 1. The first-order valence-corrected chi connectivity index (χ1v) is 8.28. The number of rotatable bonds is 4. The number of carbonyl (C=O) groups is 1. The first-order chi connectivity index (χ1) is 9.49. The summed E-state index contributed by atoms with van der Waals surface area (Å²) in [5, 5.41) is 2.62. The zero-order valence-electron chi connectivity index (χ0n) is 11.3. The van der Waals surface area contributed by atoms with Crippen LogP contribution >= 0.6 is 38.9 Å². The van der Waals surface area contributed by atoms with E-state index < -0.39 is 0 Å². The molecule has 0 N–H and O–H groups in total. The Morgan fingerprint density at radius 3 is 2.85 bits per heavy atom. The number of hydrogen-bond acceptors (Lipinski definition) is 2. The van der Waals surface area contributed by atoms with Gasteiger partial charge in [0.05, 0.1) is 5.56 Å². The van der Waals surface area contributed by atoms with Crippen molar-refractivity contribution in [3.05, 3.63) is 55.6 Å². The van der Waals surface area contributed by atoms with Gasteiger partial charge < -0.3 is 4.90 Å². The van der Waals surface area contributed by atoms with Crippen molar-refractivity contribution >= 4 is 44.8 Å². The molecule has 1 atom stereocenters. The van der Waals surface area contributed by atoms with Gasteiger partial charge in [0, 0.05) is 33.9 Å². The molecule has 2 aromatic rings. The van der Waals surface area contributed by atoms with Crippen molar-refractivity contribution in [1.29, 1.82) is 0 Å². The Kier molecular flexibility index (Phi) is 5.24. The molecular formula is C15H15BrClNOS. The highest BCUT2D eigenvalue weighted by molar-refractivity contribution is 9.10. The largest absolute Gasteiger partial charge is 0.339 e. The van der Waals surface area contributed by atoms with Crippen molar-refractivity contribution in [3.63, 3.8) is 0 Å². The van der Waals surface area contributed by atoms with Crippen molar-refractivity contribution in [1.82, 2.24) is 4.90 Å². The summed E-state index contributed by atoms with van der Waals surface area (Å²) in [4.78, 5) is 15.6. The summed E-state index contributed by atoms with van der Waals surface area (Å²) in [7, 11) is 1.83. The maximum Gasteiger partial charge on any atom is 0.255 e. The Morgan fingerprint density at radius 1 is 1.45 bits per heavy atom. The second-order valence-electron chi connectivity index (χ2n) is 4.67. The maximum atomic E-state index is 12.5. The average Bonchev–Trinajstić information content (AvgIpc) is 2.92. The normalized spacial score (nSPS) is 12.2. The second kappa shape index (κ2) is 6.74. The minimum Gasteiger partial charge on any atom is -0.339 e. The van der Waals surface area contributed by atoms with E-state index in [0.717, 1.165) is 10.9 Å². The van der Waals surface area contributed by atoms with Crippen LogP contribution in [0.5, 0.6) is 0 Å². The molecule has 1 unspecified atom stereocenters. The lowest BCUT2D eigenvalue weighted by Gasteiger charge is -2.25. The van der Waals surface area contributed by atoms with Gasteiger partial charge in [0.25, 0.3) is 5.91 Å². The lowest BCUT2D eigenvalue weighted by atomic mass is 10.1. The highest BCUT2D eigenvalue weighted by Gasteiger charge is 2.20. The first-order valence-electron chi connectivity index (χ1n) is 6.23. The molecule has 0 radical (unpaired) electrons. The van der Waals surface area contributed by atoms with E-state index in [-0.39, 0.29) is 11.9 Å². The number of likely N-dealkylation sites (N-methyl/N-ethyl adjacent to an activating group) is 1. The summed E-state index contributed by atoms with van der Waals surface area (Å²) in [6, 6.07) is 9.51. The van der Waals surface area contributed by atoms with Gasteiger partial charge in [0.1, 0.15) is 0 Å². The molecule has 1 heterocycles. The van der Waals surface area contributed by atoms with Crippen molar-refractivity contribution < 1.29 is 4.79 Å². The summed E-state index contributed by atoms with van der Waals surface area (Å²) in [5.74, 6) is -0.0246. The van der Waals surface area contributed by atoms with Crippen LogP contribution in [-0.2, 0) is 6.42 Å². The highest BCUT2D eigenvalue weighted by atomic mass is 79.9. The van der Waals surface area contributed by atoms with Crippen LogP contribution in [-0.4, -0.2) is 23.9 Å². The predicted molar refractivity (Wildman–Crippen MR) is 88.7 cm³/mol. The minimum absolute atomic E-state index is 0.0246. The molecule has 0 fully saturated rings. The molecule has 20 heavy (non-hydrogen) atoms. The molecule has 1 amide bonds. The van der Waals surface area contributed by atoms with Gasteiger partial charge in [-0.15, -0.1) is 11.3 Å². The van der Waals surface area contributed by atoms with Gasteiger partial charge in [0.15, 0.2) is 0 Å². The number of amides is 1. The molecular weight excluding hydrogens is 358 g/mol. The molecule has 106 valence electrons. The van der Waals surface area contributed by atoms with Gasteiger partial charge in [-0.1, -0.05) is 17.7 Å². The van der Waals surface area contributed by atoms with E-state index in [9.17, 15) is 4.79 Å². The lowest BCUT2D eigenvalue weighted by Crippen LogP contribution is -2.36. The topological polar surface area (TPSA) is 20.3 Å². The fourth-order valence-corrected chi connectivity index (χ4v) is 3.32. The molecule has 1 aromatic carbocycles. The molecule has 0 aliphatic rings. The van der Waals surface area contributed by atoms with Crippen LogP contribution in [0.15, 0.2) is 40.2 Å². The first kappa shape index (κ1) is 15.5. The number of benzene rings is 1. The third kappa shape index (κ3) is 3.62. The van der Waals surface area contributed by atoms with Gasteiger partial charge in [-0.2, -0.15) is 0 Å². The van der Waals surface area contributed by atoms with E-state index in [1.807, 2.05) is 13.1 Å².